The molecule has 0 unspecified atom stereocenters. The third kappa shape index (κ3) is 3.42. The minimum absolute atomic E-state index is 0.0154. The smallest absolute Gasteiger partial charge is 0.336 e. The number of rotatable bonds is 4. The Morgan fingerprint density at radius 2 is 1.76 bits per heavy atom. The second-order valence-corrected chi connectivity index (χ2v) is 8.78. The highest BCUT2D eigenvalue weighted by Crippen LogP contribution is 2.16. The van der Waals surface area contributed by atoms with E-state index >= 15 is 0 Å². The van der Waals surface area contributed by atoms with Crippen molar-refractivity contribution < 1.29 is 19.1 Å². The predicted molar refractivity (Wildman–Crippen MR) is 66.8 cm³/mol. The molecular formula is C12H16O4Si. The van der Waals surface area contributed by atoms with Crippen LogP contribution in [0.1, 0.15) is 27.6 Å². The van der Waals surface area contributed by atoms with Gasteiger partial charge in [-0.25, -0.2) is 9.59 Å². The molecular weight excluding hydrogens is 236 g/mol. The molecule has 0 aliphatic heterocycles. The van der Waals surface area contributed by atoms with Gasteiger partial charge in [-0.3, -0.25) is 0 Å². The van der Waals surface area contributed by atoms with Gasteiger partial charge in [0.1, 0.15) is 0 Å². The second-order valence-electron chi connectivity index (χ2n) is 4.35. The molecule has 1 aromatic carbocycles. The van der Waals surface area contributed by atoms with Crippen LogP contribution in [0.25, 0.3) is 0 Å². The van der Waals surface area contributed by atoms with E-state index in [1.807, 2.05) is 20.0 Å². The monoisotopic (exact) mass is 252 g/mol. The van der Waals surface area contributed by atoms with Crippen LogP contribution in [0.5, 0.6) is 0 Å². The molecule has 0 fully saturated rings. The highest BCUT2D eigenvalue weighted by Gasteiger charge is 2.27. The number of carbonyl (C=O) groups is 2. The molecule has 0 saturated carbocycles. The minimum Gasteiger partial charge on any atom is -0.516 e. The SMILES string of the molecule is CC[Si](C)(C)OC(=O)c1ccccc1C(=O)O. The van der Waals surface area contributed by atoms with E-state index in [-0.39, 0.29) is 11.1 Å². The summed E-state index contributed by atoms with van der Waals surface area (Å²) >= 11 is 0. The lowest BCUT2D eigenvalue weighted by molar-refractivity contribution is 0.0663. The Kier molecular flexibility index (Phi) is 4.06. The van der Waals surface area contributed by atoms with E-state index in [9.17, 15) is 9.59 Å². The van der Waals surface area contributed by atoms with Crippen LogP contribution in [0.3, 0.4) is 0 Å². The van der Waals surface area contributed by atoms with Gasteiger partial charge in [-0.15, -0.1) is 0 Å². The second kappa shape index (κ2) is 5.14. The quantitative estimate of drug-likeness (QED) is 0.837. The molecule has 1 N–H and O–H groups in total. The highest BCUT2D eigenvalue weighted by molar-refractivity contribution is 6.72. The first-order chi connectivity index (χ1) is 7.87. The van der Waals surface area contributed by atoms with Crippen molar-refractivity contribution in [2.45, 2.75) is 26.1 Å². The van der Waals surface area contributed by atoms with Gasteiger partial charge in [0.2, 0.25) is 8.32 Å². The van der Waals surface area contributed by atoms with Gasteiger partial charge in [-0.1, -0.05) is 19.1 Å². The van der Waals surface area contributed by atoms with E-state index < -0.39 is 20.3 Å². The van der Waals surface area contributed by atoms with Gasteiger partial charge in [0, 0.05) is 0 Å². The van der Waals surface area contributed by atoms with Gasteiger partial charge in [-0.05, 0) is 31.3 Å². The first-order valence-electron chi connectivity index (χ1n) is 5.43. The van der Waals surface area contributed by atoms with Crippen LogP contribution in [0.4, 0.5) is 0 Å². The zero-order valence-corrected chi connectivity index (χ0v) is 11.2. The molecule has 0 amide bonds. The Morgan fingerprint density at radius 3 is 2.24 bits per heavy atom. The van der Waals surface area contributed by atoms with Crippen molar-refractivity contribution in [1.82, 2.24) is 0 Å². The molecule has 1 aromatic rings. The average Bonchev–Trinajstić information content (AvgIpc) is 2.28. The first kappa shape index (κ1) is 13.4. The van der Waals surface area contributed by atoms with Crippen molar-refractivity contribution in [1.29, 1.82) is 0 Å². The number of benzene rings is 1. The molecule has 0 aliphatic rings. The summed E-state index contributed by atoms with van der Waals surface area (Å²) < 4.78 is 5.40. The molecule has 0 atom stereocenters. The Hall–Kier alpha value is -1.62. The number of carboxylic acid groups (broad SMARTS) is 1. The topological polar surface area (TPSA) is 63.6 Å². The summed E-state index contributed by atoms with van der Waals surface area (Å²) in [4.78, 5) is 22.9. The van der Waals surface area contributed by atoms with E-state index in [4.69, 9.17) is 9.53 Å². The molecule has 4 nitrogen and oxygen atoms in total. The third-order valence-corrected chi connectivity index (χ3v) is 5.04. The van der Waals surface area contributed by atoms with Crippen molar-refractivity contribution in [2.75, 3.05) is 0 Å². The van der Waals surface area contributed by atoms with Crippen LogP contribution in [-0.2, 0) is 4.43 Å². The van der Waals surface area contributed by atoms with Crippen LogP contribution in [0.2, 0.25) is 19.1 Å². The number of hydrogen-bond donors (Lipinski definition) is 1. The van der Waals surface area contributed by atoms with Crippen LogP contribution in [-0.4, -0.2) is 25.4 Å². The van der Waals surface area contributed by atoms with Gasteiger partial charge in [-0.2, -0.15) is 0 Å². The summed E-state index contributed by atoms with van der Waals surface area (Å²) in [6.07, 6.45) is 0. The lowest BCUT2D eigenvalue weighted by Gasteiger charge is -2.21. The molecule has 0 heterocycles. The molecule has 0 aliphatic carbocycles. The average molecular weight is 252 g/mol. The van der Waals surface area contributed by atoms with Crippen LogP contribution < -0.4 is 0 Å². The van der Waals surface area contributed by atoms with Crippen molar-refractivity contribution in [3.63, 3.8) is 0 Å². The van der Waals surface area contributed by atoms with E-state index in [1.54, 1.807) is 12.1 Å². The molecule has 0 spiro atoms. The van der Waals surface area contributed by atoms with Gasteiger partial charge in [0.25, 0.3) is 0 Å². The Morgan fingerprint density at radius 1 is 1.24 bits per heavy atom. The molecule has 5 heteroatoms. The molecule has 0 bridgehead atoms. The van der Waals surface area contributed by atoms with Crippen molar-refractivity contribution in [3.8, 4) is 0 Å². The Balaban J connectivity index is 3.01. The van der Waals surface area contributed by atoms with Crippen molar-refractivity contribution >= 4 is 20.3 Å². The fourth-order valence-corrected chi connectivity index (χ4v) is 1.98. The number of carboxylic acids is 1. The first-order valence-corrected chi connectivity index (χ1v) is 8.54. The Bertz CT molecular complexity index is 440. The fraction of sp³-hybridized carbons (Fsp3) is 0.333. The third-order valence-electron chi connectivity index (χ3n) is 2.60. The maximum Gasteiger partial charge on any atom is 0.336 e. The lowest BCUT2D eigenvalue weighted by atomic mass is 10.1. The largest absolute Gasteiger partial charge is 0.516 e. The van der Waals surface area contributed by atoms with Gasteiger partial charge < -0.3 is 9.53 Å². The molecule has 1 rings (SSSR count). The zero-order chi connectivity index (χ0) is 13.1. The van der Waals surface area contributed by atoms with Crippen molar-refractivity contribution in [2.24, 2.45) is 0 Å². The molecule has 0 aromatic heterocycles. The maximum atomic E-state index is 11.9. The Labute approximate surface area is 101 Å². The standard InChI is InChI=1S/C12H16O4Si/c1-4-17(2,3)16-12(15)10-8-6-5-7-9(10)11(13)14/h5-8H,4H2,1-3H3,(H,13,14). The van der Waals surface area contributed by atoms with E-state index in [2.05, 4.69) is 0 Å². The van der Waals surface area contributed by atoms with Gasteiger partial charge in [0.15, 0.2) is 0 Å². The predicted octanol–water partition coefficient (Wildman–Crippen LogP) is 2.77. The fourth-order valence-electron chi connectivity index (χ4n) is 1.23. The molecule has 0 saturated heterocycles. The summed E-state index contributed by atoms with van der Waals surface area (Å²) in [5.41, 5.74) is 0.104. The van der Waals surface area contributed by atoms with Crippen LogP contribution >= 0.6 is 0 Å². The van der Waals surface area contributed by atoms with E-state index in [0.717, 1.165) is 6.04 Å². The summed E-state index contributed by atoms with van der Waals surface area (Å²) in [5.74, 6) is -1.66. The van der Waals surface area contributed by atoms with E-state index in [1.165, 1.54) is 12.1 Å². The maximum absolute atomic E-state index is 11.9. The summed E-state index contributed by atoms with van der Waals surface area (Å²) in [6, 6.07) is 6.89. The molecule has 0 radical (unpaired) electrons. The van der Waals surface area contributed by atoms with Crippen LogP contribution in [0.15, 0.2) is 24.3 Å². The number of hydrogen-bond acceptors (Lipinski definition) is 3. The minimum atomic E-state index is -2.02. The highest BCUT2D eigenvalue weighted by atomic mass is 28.4. The van der Waals surface area contributed by atoms with Gasteiger partial charge >= 0.3 is 11.9 Å². The zero-order valence-electron chi connectivity index (χ0n) is 10.2. The molecule has 92 valence electrons. The normalized spacial score (nSPS) is 11.0. The summed E-state index contributed by atoms with van der Waals surface area (Å²) in [5, 5.41) is 8.97. The van der Waals surface area contributed by atoms with E-state index in [0.29, 0.717) is 0 Å². The molecule has 17 heavy (non-hydrogen) atoms. The number of aromatic carboxylic acids is 1. The van der Waals surface area contributed by atoms with Crippen molar-refractivity contribution in [3.05, 3.63) is 35.4 Å². The lowest BCUT2D eigenvalue weighted by Crippen LogP contribution is -2.32. The van der Waals surface area contributed by atoms with Gasteiger partial charge in [0.05, 0.1) is 11.1 Å². The summed E-state index contributed by atoms with van der Waals surface area (Å²) in [6.45, 7) is 5.81. The summed E-state index contributed by atoms with van der Waals surface area (Å²) in [7, 11) is -2.02. The van der Waals surface area contributed by atoms with Crippen LogP contribution in [0, 0.1) is 0 Å². The number of carbonyl (C=O) groups excluding carboxylic acids is 1.